The maximum Gasteiger partial charge on any atom is 0.474 e. The third-order valence-electron chi connectivity index (χ3n) is 2.57. The van der Waals surface area contributed by atoms with Gasteiger partial charge < -0.3 is 9.84 Å². The van der Waals surface area contributed by atoms with Crippen LogP contribution in [-0.4, -0.2) is 51.5 Å². The van der Waals surface area contributed by atoms with Gasteiger partial charge in [-0.3, -0.25) is 13.6 Å². The van der Waals surface area contributed by atoms with E-state index in [1.54, 1.807) is 0 Å². The van der Waals surface area contributed by atoms with Gasteiger partial charge in [-0.15, -0.1) is 0 Å². The topological polar surface area (TPSA) is 74.2 Å². The third-order valence-corrected chi connectivity index (χ3v) is 4.05. The lowest BCUT2D eigenvalue weighted by molar-refractivity contribution is 0.0300. The highest BCUT2D eigenvalue weighted by Gasteiger charge is 2.37. The molecule has 6 nitrogen and oxygen atoms in total. The predicted molar refractivity (Wildman–Crippen MR) is 64.6 cm³/mol. The molecule has 0 radical (unpaired) electrons. The Balaban J connectivity index is 2.47. The third kappa shape index (κ3) is 4.70. The van der Waals surface area contributed by atoms with Gasteiger partial charge in [0.1, 0.15) is 7.85 Å². The summed E-state index contributed by atoms with van der Waals surface area (Å²) >= 11 is 0. The van der Waals surface area contributed by atoms with Crippen LogP contribution in [0.4, 0.5) is 0 Å². The van der Waals surface area contributed by atoms with E-state index >= 15 is 0 Å². The number of ether oxygens (including phenoxy) is 1. The zero-order valence-corrected chi connectivity index (χ0v) is 11.4. The average molecular weight is 266 g/mol. The minimum atomic E-state index is -3.53. The van der Waals surface area contributed by atoms with Crippen molar-refractivity contribution >= 4 is 15.7 Å². The fourth-order valence-corrected chi connectivity index (χ4v) is 2.88. The molecule has 0 bridgehead atoms. The highest BCUT2D eigenvalue weighted by atomic mass is 31.2. The number of phosphoric acid groups is 1. The molecule has 100 valence electrons. The second kappa shape index (κ2) is 6.88. The maximum absolute atomic E-state index is 12.1. The lowest BCUT2D eigenvalue weighted by atomic mass is 9.96. The van der Waals surface area contributed by atoms with Crippen LogP contribution in [0.1, 0.15) is 19.8 Å². The fraction of sp³-hybridized carbons (Fsp3) is 1.00. The molecular formula is C9H20BO6P. The maximum atomic E-state index is 12.1. The van der Waals surface area contributed by atoms with E-state index in [1.807, 2.05) is 14.8 Å². The van der Waals surface area contributed by atoms with E-state index in [1.165, 1.54) is 7.11 Å². The van der Waals surface area contributed by atoms with Crippen molar-refractivity contribution < 1.29 is 28.0 Å². The quantitative estimate of drug-likeness (QED) is 0.405. The SMILES string of the molecule is BC1CC(OP(=O)(OC)OCCCO)C(C)O1. The molecule has 0 saturated carbocycles. The van der Waals surface area contributed by atoms with Crippen LogP contribution in [0.25, 0.3) is 0 Å². The standard InChI is InChI=1S/C9H20BO6P/c1-7-8(6-9(10)15-7)16-17(12,13-2)14-5-3-4-11/h7-9,11H,3-6,10H2,1-2H3. The molecule has 0 aliphatic carbocycles. The Kier molecular flexibility index (Phi) is 6.13. The number of aliphatic hydroxyl groups excluding tert-OH is 1. The van der Waals surface area contributed by atoms with Gasteiger partial charge in [-0.05, 0) is 19.8 Å². The molecule has 1 N–H and O–H groups in total. The van der Waals surface area contributed by atoms with Crippen molar-refractivity contribution in [3.8, 4) is 0 Å². The van der Waals surface area contributed by atoms with Crippen LogP contribution in [0.2, 0.25) is 0 Å². The summed E-state index contributed by atoms with van der Waals surface area (Å²) < 4.78 is 32.8. The van der Waals surface area contributed by atoms with E-state index in [-0.39, 0.29) is 31.4 Å². The van der Waals surface area contributed by atoms with E-state index < -0.39 is 7.82 Å². The summed E-state index contributed by atoms with van der Waals surface area (Å²) in [6.45, 7) is 1.98. The summed E-state index contributed by atoms with van der Waals surface area (Å²) in [5.41, 5.74) is 0. The number of phosphoric ester groups is 1. The van der Waals surface area contributed by atoms with Gasteiger partial charge in [0, 0.05) is 19.7 Å². The summed E-state index contributed by atoms with van der Waals surface area (Å²) in [4.78, 5) is 0. The molecule has 4 unspecified atom stereocenters. The molecule has 0 aromatic heterocycles. The zero-order chi connectivity index (χ0) is 12.9. The highest BCUT2D eigenvalue weighted by molar-refractivity contribution is 7.48. The lowest BCUT2D eigenvalue weighted by Gasteiger charge is -2.21. The molecule has 1 aliphatic heterocycles. The molecule has 4 atom stereocenters. The Labute approximate surface area is 103 Å². The molecule has 1 aliphatic rings. The Bertz CT molecular complexity index is 276. The largest absolute Gasteiger partial charge is 0.474 e. The van der Waals surface area contributed by atoms with Gasteiger partial charge in [0.2, 0.25) is 0 Å². The molecule has 17 heavy (non-hydrogen) atoms. The Morgan fingerprint density at radius 1 is 1.59 bits per heavy atom. The smallest absolute Gasteiger partial charge is 0.396 e. The van der Waals surface area contributed by atoms with Gasteiger partial charge in [-0.25, -0.2) is 4.57 Å². The molecule has 0 spiro atoms. The number of rotatable bonds is 7. The van der Waals surface area contributed by atoms with Crippen molar-refractivity contribution in [3.05, 3.63) is 0 Å². The minimum absolute atomic E-state index is 0.0241. The number of hydrogen-bond acceptors (Lipinski definition) is 6. The van der Waals surface area contributed by atoms with E-state index in [0.29, 0.717) is 12.8 Å². The zero-order valence-electron chi connectivity index (χ0n) is 10.5. The summed E-state index contributed by atoms with van der Waals surface area (Å²) in [6, 6.07) is 0.0812. The minimum Gasteiger partial charge on any atom is -0.396 e. The molecule has 1 heterocycles. The molecule has 0 amide bonds. The van der Waals surface area contributed by atoms with Gasteiger partial charge in [-0.1, -0.05) is 0 Å². The van der Waals surface area contributed by atoms with Gasteiger partial charge in [0.05, 0.1) is 18.8 Å². The second-order valence-electron chi connectivity index (χ2n) is 4.07. The number of aliphatic hydroxyl groups is 1. The Morgan fingerprint density at radius 3 is 2.76 bits per heavy atom. The van der Waals surface area contributed by atoms with Crippen LogP contribution in [0, 0.1) is 0 Å². The van der Waals surface area contributed by atoms with E-state index in [9.17, 15) is 4.57 Å². The van der Waals surface area contributed by atoms with E-state index in [4.69, 9.17) is 23.4 Å². The summed E-state index contributed by atoms with van der Waals surface area (Å²) in [5, 5.41) is 8.63. The average Bonchev–Trinajstić information content (AvgIpc) is 2.58. The first kappa shape index (κ1) is 15.2. The van der Waals surface area contributed by atoms with Crippen LogP contribution in [-0.2, 0) is 22.9 Å². The number of hydrogen-bond donors (Lipinski definition) is 1. The van der Waals surface area contributed by atoms with Crippen molar-refractivity contribution in [2.24, 2.45) is 0 Å². The fourth-order valence-electron chi connectivity index (χ4n) is 1.69. The van der Waals surface area contributed by atoms with Crippen LogP contribution in [0.15, 0.2) is 0 Å². The van der Waals surface area contributed by atoms with E-state index in [2.05, 4.69) is 0 Å². The van der Waals surface area contributed by atoms with Crippen molar-refractivity contribution in [1.29, 1.82) is 0 Å². The summed E-state index contributed by atoms with van der Waals surface area (Å²) in [7, 11) is -0.318. The Morgan fingerprint density at radius 2 is 2.29 bits per heavy atom. The molecule has 1 saturated heterocycles. The lowest BCUT2D eigenvalue weighted by Crippen LogP contribution is -2.21. The van der Waals surface area contributed by atoms with Crippen molar-refractivity contribution in [2.75, 3.05) is 20.3 Å². The highest BCUT2D eigenvalue weighted by Crippen LogP contribution is 2.51. The first-order valence-electron chi connectivity index (χ1n) is 5.76. The van der Waals surface area contributed by atoms with Gasteiger partial charge in [-0.2, -0.15) is 0 Å². The van der Waals surface area contributed by atoms with Gasteiger partial charge in [0.15, 0.2) is 0 Å². The molecule has 0 aromatic rings. The van der Waals surface area contributed by atoms with Crippen LogP contribution in [0.3, 0.4) is 0 Å². The van der Waals surface area contributed by atoms with Gasteiger partial charge in [0.25, 0.3) is 0 Å². The molecule has 1 fully saturated rings. The van der Waals surface area contributed by atoms with Crippen LogP contribution >= 0.6 is 7.82 Å². The Hall–Kier alpha value is 0.0949. The molecular weight excluding hydrogens is 246 g/mol. The first-order valence-corrected chi connectivity index (χ1v) is 7.22. The first-order chi connectivity index (χ1) is 8.00. The van der Waals surface area contributed by atoms with E-state index in [0.717, 1.165) is 0 Å². The van der Waals surface area contributed by atoms with Gasteiger partial charge >= 0.3 is 7.82 Å². The predicted octanol–water partition coefficient (Wildman–Crippen LogP) is 0.293. The van der Waals surface area contributed by atoms with Crippen LogP contribution < -0.4 is 0 Å². The normalized spacial score (nSPS) is 32.5. The van der Waals surface area contributed by atoms with Crippen LogP contribution in [0.5, 0.6) is 0 Å². The van der Waals surface area contributed by atoms with Crippen molar-refractivity contribution in [1.82, 2.24) is 0 Å². The summed E-state index contributed by atoms with van der Waals surface area (Å²) in [6.07, 6.45) is 0.640. The molecule has 1 rings (SSSR count). The summed E-state index contributed by atoms with van der Waals surface area (Å²) in [5.74, 6) is 0. The molecule has 8 heteroatoms. The molecule has 0 aromatic carbocycles. The second-order valence-corrected chi connectivity index (χ2v) is 5.80. The monoisotopic (exact) mass is 266 g/mol. The van der Waals surface area contributed by atoms with Crippen molar-refractivity contribution in [3.63, 3.8) is 0 Å². The van der Waals surface area contributed by atoms with Crippen molar-refractivity contribution in [2.45, 2.75) is 38.0 Å².